The molecule has 4 N–H and O–H groups in total. The molecule has 0 saturated heterocycles. The Bertz CT molecular complexity index is 1380. The van der Waals surface area contributed by atoms with Crippen molar-refractivity contribution in [1.29, 1.82) is 0 Å². The van der Waals surface area contributed by atoms with Crippen LogP contribution < -0.4 is 14.8 Å². The highest BCUT2D eigenvalue weighted by Crippen LogP contribution is 2.52. The van der Waals surface area contributed by atoms with E-state index in [1.165, 1.54) is 30.3 Å². The molecule has 5 rings (SSSR count). The number of hydrogen-bond acceptors (Lipinski definition) is 6. The van der Waals surface area contributed by atoms with Crippen molar-refractivity contribution in [2.24, 2.45) is 0 Å². The number of ether oxygens (including phenoxy) is 2. The fraction of sp³-hybridized carbons (Fsp3) is 0.423. The average molecular weight is 521 g/mol. The van der Waals surface area contributed by atoms with Crippen molar-refractivity contribution >= 4 is 22.5 Å². The third-order valence-electron chi connectivity index (χ3n) is 7.07. The minimum Gasteiger partial charge on any atom is -0.395 e. The molecule has 3 aromatic rings. The predicted molar refractivity (Wildman–Crippen MR) is 127 cm³/mol. The van der Waals surface area contributed by atoms with Gasteiger partial charge in [0.15, 0.2) is 11.5 Å². The Balaban J connectivity index is 1.46. The molecule has 198 valence electrons. The van der Waals surface area contributed by atoms with Crippen LogP contribution >= 0.6 is 0 Å². The van der Waals surface area contributed by atoms with E-state index in [-0.39, 0.29) is 30.3 Å². The highest BCUT2D eigenvalue weighted by Gasteiger charge is 2.53. The summed E-state index contributed by atoms with van der Waals surface area (Å²) in [5, 5.41) is 32.5. The first-order valence-corrected chi connectivity index (χ1v) is 11.8. The highest BCUT2D eigenvalue weighted by atomic mass is 19.3. The molecule has 1 aliphatic heterocycles. The molecule has 0 spiro atoms. The molecule has 1 amide bonds. The summed E-state index contributed by atoms with van der Waals surface area (Å²) in [7, 11) is 0. The van der Waals surface area contributed by atoms with Crippen LogP contribution in [0.2, 0.25) is 0 Å². The zero-order valence-corrected chi connectivity index (χ0v) is 20.2. The monoisotopic (exact) mass is 520 g/mol. The lowest BCUT2D eigenvalue weighted by Crippen LogP contribution is -2.29. The van der Waals surface area contributed by atoms with Gasteiger partial charge in [-0.25, -0.2) is 4.39 Å². The van der Waals surface area contributed by atoms with Crippen LogP contribution in [0.15, 0.2) is 36.4 Å². The number of hydrogen-bond donors (Lipinski definition) is 4. The van der Waals surface area contributed by atoms with Crippen LogP contribution in [0.5, 0.6) is 11.5 Å². The maximum Gasteiger partial charge on any atom is 0.586 e. The quantitative estimate of drug-likeness (QED) is 0.362. The van der Waals surface area contributed by atoms with E-state index in [0.717, 1.165) is 0 Å². The SMILES string of the molecule is CC(C)(CO)c1cc2cc(NC(=O)C3(c4ccc5c(c4)OC(F)(F)O5)CC3)c(F)cc2n1CC(O)CO. The van der Waals surface area contributed by atoms with Gasteiger partial charge in [0, 0.05) is 22.6 Å². The first kappa shape index (κ1) is 25.4. The Labute approximate surface area is 210 Å². The zero-order valence-electron chi connectivity index (χ0n) is 20.2. The summed E-state index contributed by atoms with van der Waals surface area (Å²) in [6.45, 7) is 2.86. The maximum absolute atomic E-state index is 15.2. The smallest absolute Gasteiger partial charge is 0.395 e. The summed E-state index contributed by atoms with van der Waals surface area (Å²) in [6.07, 6.45) is -3.97. The number of halogens is 3. The number of amides is 1. The van der Waals surface area contributed by atoms with Gasteiger partial charge in [0.1, 0.15) is 5.82 Å². The largest absolute Gasteiger partial charge is 0.586 e. The molecular weight excluding hydrogens is 493 g/mol. The number of alkyl halides is 2. The maximum atomic E-state index is 15.2. The summed E-state index contributed by atoms with van der Waals surface area (Å²) < 4.78 is 52.6. The number of benzene rings is 2. The molecule has 1 aliphatic carbocycles. The molecule has 8 nitrogen and oxygen atoms in total. The van der Waals surface area contributed by atoms with Crippen molar-refractivity contribution in [1.82, 2.24) is 4.57 Å². The van der Waals surface area contributed by atoms with Gasteiger partial charge < -0.3 is 34.7 Å². The molecule has 1 atom stereocenters. The number of anilines is 1. The van der Waals surface area contributed by atoms with E-state index in [1.54, 1.807) is 24.5 Å². The van der Waals surface area contributed by atoms with Gasteiger partial charge in [-0.2, -0.15) is 0 Å². The van der Waals surface area contributed by atoms with Crippen molar-refractivity contribution < 1.29 is 42.8 Å². The van der Waals surface area contributed by atoms with Crippen LogP contribution in [0.3, 0.4) is 0 Å². The van der Waals surface area contributed by atoms with Crippen LogP contribution in [-0.4, -0.2) is 51.4 Å². The lowest BCUT2D eigenvalue weighted by molar-refractivity contribution is -0.286. The number of fused-ring (bicyclic) bond motifs is 2. The van der Waals surface area contributed by atoms with Gasteiger partial charge in [-0.05, 0) is 42.7 Å². The Kier molecular flexibility index (Phi) is 5.93. The normalized spacial score (nSPS) is 18.2. The summed E-state index contributed by atoms with van der Waals surface area (Å²) >= 11 is 0. The Morgan fingerprint density at radius 2 is 1.84 bits per heavy atom. The number of nitrogens with one attached hydrogen (secondary N) is 1. The summed E-state index contributed by atoms with van der Waals surface area (Å²) in [5.74, 6) is -1.49. The highest BCUT2D eigenvalue weighted by molar-refractivity contribution is 6.02. The van der Waals surface area contributed by atoms with Crippen molar-refractivity contribution in [2.45, 2.75) is 56.5 Å². The third-order valence-corrected chi connectivity index (χ3v) is 7.07. The minimum atomic E-state index is -3.77. The summed E-state index contributed by atoms with van der Waals surface area (Å²) in [5.41, 5.74) is -0.304. The summed E-state index contributed by atoms with van der Waals surface area (Å²) in [6, 6.07) is 8.63. The number of carbonyl (C=O) groups is 1. The molecule has 2 aromatic carbocycles. The van der Waals surface area contributed by atoms with Gasteiger partial charge in [0.25, 0.3) is 0 Å². The van der Waals surface area contributed by atoms with Gasteiger partial charge in [-0.3, -0.25) is 4.79 Å². The number of aliphatic hydroxyl groups is 3. The number of aliphatic hydroxyl groups excluding tert-OH is 3. The molecule has 2 aliphatic rings. The van der Waals surface area contributed by atoms with Crippen LogP contribution in [0.4, 0.5) is 18.9 Å². The molecular formula is C26H27F3N2O6. The lowest BCUT2D eigenvalue weighted by atomic mass is 9.90. The molecule has 0 radical (unpaired) electrons. The first-order chi connectivity index (χ1) is 17.4. The Morgan fingerprint density at radius 1 is 1.14 bits per heavy atom. The second-order valence-electron chi connectivity index (χ2n) is 10.3. The molecule has 37 heavy (non-hydrogen) atoms. The Hall–Kier alpha value is -3.28. The molecule has 0 bridgehead atoms. The molecule has 1 fully saturated rings. The van der Waals surface area contributed by atoms with Gasteiger partial charge in [0.05, 0.1) is 42.5 Å². The number of rotatable bonds is 8. The van der Waals surface area contributed by atoms with Crippen molar-refractivity contribution in [3.8, 4) is 11.5 Å². The van der Waals surface area contributed by atoms with Gasteiger partial charge in [0.2, 0.25) is 5.91 Å². The van der Waals surface area contributed by atoms with E-state index in [0.29, 0.717) is 35.0 Å². The summed E-state index contributed by atoms with van der Waals surface area (Å²) in [4.78, 5) is 13.3. The fourth-order valence-electron chi connectivity index (χ4n) is 4.75. The average Bonchev–Trinajstić information content (AvgIpc) is 3.50. The zero-order chi connectivity index (χ0) is 26.8. The second-order valence-corrected chi connectivity index (χ2v) is 10.3. The molecule has 1 saturated carbocycles. The van der Waals surface area contributed by atoms with E-state index in [2.05, 4.69) is 14.8 Å². The topological polar surface area (TPSA) is 113 Å². The van der Waals surface area contributed by atoms with Gasteiger partial charge in [-0.1, -0.05) is 19.9 Å². The van der Waals surface area contributed by atoms with Crippen molar-refractivity contribution in [2.75, 3.05) is 18.5 Å². The van der Waals surface area contributed by atoms with E-state index < -0.39 is 41.6 Å². The molecule has 11 heteroatoms. The molecule has 1 aromatic heterocycles. The van der Waals surface area contributed by atoms with Crippen molar-refractivity contribution in [3.63, 3.8) is 0 Å². The van der Waals surface area contributed by atoms with Crippen molar-refractivity contribution in [3.05, 3.63) is 53.5 Å². The molecule has 2 heterocycles. The van der Waals surface area contributed by atoms with Crippen LogP contribution in [0, 0.1) is 5.82 Å². The van der Waals surface area contributed by atoms with Crippen LogP contribution in [0.25, 0.3) is 10.9 Å². The standard InChI is InChI=1S/C26H27F3N2O6/c1-24(2,13-33)22-8-14-7-18(17(27)10-19(14)31(22)11-16(34)12-32)30-23(35)25(5-6-25)15-3-4-20-21(9-15)37-26(28,29)36-20/h3-4,7-10,16,32-34H,5-6,11-13H2,1-2H3,(H,30,35). The van der Waals surface area contributed by atoms with Gasteiger partial charge >= 0.3 is 6.29 Å². The number of nitrogens with zero attached hydrogens (tertiary/aromatic N) is 1. The number of carbonyl (C=O) groups excluding carboxylic acids is 1. The van der Waals surface area contributed by atoms with Crippen LogP contribution in [0.1, 0.15) is 37.9 Å². The third kappa shape index (κ3) is 4.41. The molecule has 1 unspecified atom stereocenters. The fourth-order valence-corrected chi connectivity index (χ4v) is 4.75. The number of aromatic nitrogens is 1. The van der Waals surface area contributed by atoms with E-state index in [1.807, 2.05) is 0 Å². The Morgan fingerprint density at radius 3 is 2.49 bits per heavy atom. The predicted octanol–water partition coefficient (Wildman–Crippen LogP) is 3.40. The van der Waals surface area contributed by atoms with E-state index in [9.17, 15) is 28.9 Å². The van der Waals surface area contributed by atoms with Gasteiger partial charge in [-0.15, -0.1) is 8.78 Å². The minimum absolute atomic E-state index is 0.0177. The van der Waals surface area contributed by atoms with E-state index >= 15 is 4.39 Å². The lowest BCUT2D eigenvalue weighted by Gasteiger charge is -2.25. The second kappa shape index (κ2) is 8.64. The first-order valence-electron chi connectivity index (χ1n) is 11.8. The van der Waals surface area contributed by atoms with Crippen LogP contribution in [-0.2, 0) is 22.2 Å². The van der Waals surface area contributed by atoms with E-state index in [4.69, 9.17) is 0 Å².